The summed E-state index contributed by atoms with van der Waals surface area (Å²) < 4.78 is 27.8. The fourth-order valence-corrected chi connectivity index (χ4v) is 4.72. The van der Waals surface area contributed by atoms with Crippen LogP contribution in [0.15, 0.2) is 0 Å². The molecule has 2 rings (SSSR count). The van der Waals surface area contributed by atoms with Crippen molar-refractivity contribution in [2.75, 3.05) is 19.6 Å². The van der Waals surface area contributed by atoms with E-state index < -0.39 is 22.1 Å². The lowest BCUT2D eigenvalue weighted by atomic mass is 9.89. The lowest BCUT2D eigenvalue weighted by molar-refractivity contribution is -0.144. The summed E-state index contributed by atoms with van der Waals surface area (Å²) >= 11 is 0. The van der Waals surface area contributed by atoms with Gasteiger partial charge in [-0.2, -0.15) is 17.0 Å². The highest BCUT2D eigenvalue weighted by molar-refractivity contribution is 7.86. The SMILES string of the molecule is CC(C(=O)O)C1CN(S(=O)(=O)N2CCCCC2C)C1. The highest BCUT2D eigenvalue weighted by Gasteiger charge is 2.44. The minimum atomic E-state index is -3.39. The van der Waals surface area contributed by atoms with Crippen molar-refractivity contribution in [3.8, 4) is 0 Å². The Bertz CT molecular complexity index is 445. The second-order valence-corrected chi connectivity index (χ2v) is 7.55. The highest BCUT2D eigenvalue weighted by Crippen LogP contribution is 2.30. The molecule has 0 amide bonds. The number of hydrogen-bond donors (Lipinski definition) is 1. The lowest BCUT2D eigenvalue weighted by Crippen LogP contribution is -2.59. The zero-order valence-corrected chi connectivity index (χ0v) is 12.3. The van der Waals surface area contributed by atoms with Crippen LogP contribution in [0.5, 0.6) is 0 Å². The molecule has 0 radical (unpaired) electrons. The molecule has 0 saturated carbocycles. The predicted molar refractivity (Wildman–Crippen MR) is 70.8 cm³/mol. The molecule has 0 aromatic rings. The van der Waals surface area contributed by atoms with Crippen molar-refractivity contribution in [1.29, 1.82) is 0 Å². The molecule has 2 unspecified atom stereocenters. The van der Waals surface area contributed by atoms with Gasteiger partial charge in [0, 0.05) is 25.7 Å². The first-order chi connectivity index (χ1) is 8.84. The average molecular weight is 290 g/mol. The van der Waals surface area contributed by atoms with E-state index in [1.54, 1.807) is 11.2 Å². The van der Waals surface area contributed by atoms with E-state index >= 15 is 0 Å². The summed E-state index contributed by atoms with van der Waals surface area (Å²) in [5.41, 5.74) is 0. The highest BCUT2D eigenvalue weighted by atomic mass is 32.2. The summed E-state index contributed by atoms with van der Waals surface area (Å²) in [6.07, 6.45) is 2.89. The number of rotatable bonds is 4. The third kappa shape index (κ3) is 2.78. The molecular weight excluding hydrogens is 268 g/mol. The van der Waals surface area contributed by atoms with Gasteiger partial charge in [0.25, 0.3) is 10.2 Å². The first kappa shape index (κ1) is 14.7. The monoisotopic (exact) mass is 290 g/mol. The fraction of sp³-hybridized carbons (Fsp3) is 0.917. The van der Waals surface area contributed by atoms with E-state index in [2.05, 4.69) is 0 Å². The largest absolute Gasteiger partial charge is 0.481 e. The van der Waals surface area contributed by atoms with Crippen molar-refractivity contribution in [3.63, 3.8) is 0 Å². The van der Waals surface area contributed by atoms with Crippen molar-refractivity contribution in [2.24, 2.45) is 11.8 Å². The first-order valence-corrected chi connectivity index (χ1v) is 8.23. The van der Waals surface area contributed by atoms with Crippen LogP contribution >= 0.6 is 0 Å². The van der Waals surface area contributed by atoms with Gasteiger partial charge in [0.2, 0.25) is 0 Å². The molecule has 0 aromatic heterocycles. The van der Waals surface area contributed by atoms with Crippen LogP contribution in [0.25, 0.3) is 0 Å². The summed E-state index contributed by atoms with van der Waals surface area (Å²) in [6.45, 7) is 4.82. The van der Waals surface area contributed by atoms with E-state index in [-0.39, 0.29) is 12.0 Å². The van der Waals surface area contributed by atoms with Crippen molar-refractivity contribution in [1.82, 2.24) is 8.61 Å². The van der Waals surface area contributed by atoms with Crippen LogP contribution in [0.1, 0.15) is 33.1 Å². The Labute approximate surface area is 114 Å². The molecule has 0 bridgehead atoms. The topological polar surface area (TPSA) is 77.9 Å². The van der Waals surface area contributed by atoms with E-state index in [9.17, 15) is 13.2 Å². The standard InChI is InChI=1S/C12H22N2O4S/c1-9-5-3-4-6-14(9)19(17,18)13-7-11(8-13)10(2)12(15)16/h9-11H,3-8H2,1-2H3,(H,15,16). The number of carboxylic acids is 1. The molecule has 2 aliphatic rings. The van der Waals surface area contributed by atoms with E-state index in [1.807, 2.05) is 6.92 Å². The molecule has 0 spiro atoms. The molecule has 2 heterocycles. The van der Waals surface area contributed by atoms with Crippen LogP contribution < -0.4 is 0 Å². The zero-order valence-electron chi connectivity index (χ0n) is 11.4. The molecule has 19 heavy (non-hydrogen) atoms. The molecule has 7 heteroatoms. The number of nitrogens with zero attached hydrogens (tertiary/aromatic N) is 2. The Balaban J connectivity index is 1.98. The normalized spacial score (nSPS) is 28.8. The van der Waals surface area contributed by atoms with Crippen LogP contribution in [-0.4, -0.2) is 53.8 Å². The van der Waals surface area contributed by atoms with Gasteiger partial charge in [0.15, 0.2) is 0 Å². The second-order valence-electron chi connectivity index (χ2n) is 5.67. The Kier molecular flexibility index (Phi) is 4.17. The molecule has 110 valence electrons. The number of carboxylic acid groups (broad SMARTS) is 1. The number of hydrogen-bond acceptors (Lipinski definition) is 3. The molecule has 2 saturated heterocycles. The number of carbonyl (C=O) groups is 1. The van der Waals surface area contributed by atoms with E-state index in [0.29, 0.717) is 19.6 Å². The molecule has 0 aromatic carbocycles. The quantitative estimate of drug-likeness (QED) is 0.829. The fourth-order valence-electron chi connectivity index (χ4n) is 2.74. The van der Waals surface area contributed by atoms with Crippen LogP contribution in [0.3, 0.4) is 0 Å². The summed E-state index contributed by atoms with van der Waals surface area (Å²) in [5.74, 6) is -1.40. The minimum Gasteiger partial charge on any atom is -0.481 e. The Hall–Kier alpha value is -0.660. The third-order valence-electron chi connectivity index (χ3n) is 4.34. The number of aliphatic carboxylic acids is 1. The van der Waals surface area contributed by atoms with E-state index in [0.717, 1.165) is 19.3 Å². The molecular formula is C12H22N2O4S. The smallest absolute Gasteiger partial charge is 0.306 e. The Morgan fingerprint density at radius 3 is 2.47 bits per heavy atom. The Morgan fingerprint density at radius 1 is 1.32 bits per heavy atom. The van der Waals surface area contributed by atoms with Crippen molar-refractivity contribution >= 4 is 16.2 Å². The van der Waals surface area contributed by atoms with Crippen LogP contribution in [0.4, 0.5) is 0 Å². The van der Waals surface area contributed by atoms with Crippen molar-refractivity contribution in [2.45, 2.75) is 39.2 Å². The lowest BCUT2D eigenvalue weighted by Gasteiger charge is -2.44. The molecule has 0 aliphatic carbocycles. The van der Waals surface area contributed by atoms with Crippen molar-refractivity contribution < 1.29 is 18.3 Å². The van der Waals surface area contributed by atoms with Gasteiger partial charge in [-0.05, 0) is 25.7 Å². The van der Waals surface area contributed by atoms with E-state index in [1.165, 1.54) is 4.31 Å². The third-order valence-corrected chi connectivity index (χ3v) is 6.42. The Morgan fingerprint density at radius 2 is 1.95 bits per heavy atom. The summed E-state index contributed by atoms with van der Waals surface area (Å²) in [4.78, 5) is 10.9. The molecule has 1 N–H and O–H groups in total. The maximum Gasteiger partial charge on any atom is 0.306 e. The molecule has 2 aliphatic heterocycles. The van der Waals surface area contributed by atoms with Gasteiger partial charge in [-0.25, -0.2) is 0 Å². The average Bonchev–Trinajstić information content (AvgIpc) is 2.26. The summed E-state index contributed by atoms with van der Waals surface area (Å²) in [7, 11) is -3.39. The van der Waals surface area contributed by atoms with Gasteiger partial charge in [-0.15, -0.1) is 0 Å². The summed E-state index contributed by atoms with van der Waals surface area (Å²) in [6, 6.07) is 0.0506. The van der Waals surface area contributed by atoms with Gasteiger partial charge in [-0.1, -0.05) is 13.3 Å². The predicted octanol–water partition coefficient (Wildman–Crippen LogP) is 0.758. The van der Waals surface area contributed by atoms with Gasteiger partial charge in [0.05, 0.1) is 5.92 Å². The molecule has 2 fully saturated rings. The van der Waals surface area contributed by atoms with Crippen molar-refractivity contribution in [3.05, 3.63) is 0 Å². The first-order valence-electron chi connectivity index (χ1n) is 6.83. The van der Waals surface area contributed by atoms with Gasteiger partial charge in [0.1, 0.15) is 0 Å². The van der Waals surface area contributed by atoms with Gasteiger partial charge >= 0.3 is 5.97 Å². The number of piperidine rings is 1. The molecule has 2 atom stereocenters. The minimum absolute atomic E-state index is 0.0506. The molecule has 6 nitrogen and oxygen atoms in total. The second kappa shape index (κ2) is 5.38. The maximum absolute atomic E-state index is 12.4. The van der Waals surface area contributed by atoms with Crippen LogP contribution in [-0.2, 0) is 15.0 Å². The van der Waals surface area contributed by atoms with Crippen LogP contribution in [0.2, 0.25) is 0 Å². The summed E-state index contributed by atoms with van der Waals surface area (Å²) in [5, 5.41) is 8.92. The van der Waals surface area contributed by atoms with Gasteiger partial charge < -0.3 is 5.11 Å². The van der Waals surface area contributed by atoms with Gasteiger partial charge in [-0.3, -0.25) is 4.79 Å². The maximum atomic E-state index is 12.4. The zero-order chi connectivity index (χ0) is 14.2. The van der Waals surface area contributed by atoms with E-state index in [4.69, 9.17) is 5.11 Å². The van der Waals surface area contributed by atoms with Crippen LogP contribution in [0, 0.1) is 11.8 Å².